The van der Waals surface area contributed by atoms with Gasteiger partial charge in [-0.1, -0.05) is 29.3 Å². The minimum Gasteiger partial charge on any atom is -0.355 e. The molecule has 0 amide bonds. The van der Waals surface area contributed by atoms with Crippen molar-refractivity contribution >= 4 is 46.3 Å². The summed E-state index contributed by atoms with van der Waals surface area (Å²) in [4.78, 5) is 31.1. The van der Waals surface area contributed by atoms with Crippen LogP contribution >= 0.6 is 23.2 Å². The van der Waals surface area contributed by atoms with Crippen LogP contribution in [0.15, 0.2) is 24.4 Å². The first-order chi connectivity index (χ1) is 16.8. The summed E-state index contributed by atoms with van der Waals surface area (Å²) in [7, 11) is 0. The third kappa shape index (κ3) is 5.36. The molecule has 2 aliphatic rings. The lowest BCUT2D eigenvalue weighted by Crippen LogP contribution is -2.46. The Balaban J connectivity index is 0.000000917. The van der Waals surface area contributed by atoms with E-state index >= 15 is 0 Å². The highest BCUT2D eigenvalue weighted by Crippen LogP contribution is 2.32. The fraction of sp³-hybridized carbons (Fsp3) is 0.520. The summed E-state index contributed by atoms with van der Waals surface area (Å²) in [5, 5.41) is 6.02. The molecule has 5 rings (SSSR count). The maximum atomic E-state index is 8.12. The van der Waals surface area contributed by atoms with Crippen LogP contribution in [0.1, 0.15) is 56.8 Å². The average Bonchev–Trinajstić information content (AvgIpc) is 3.42. The van der Waals surface area contributed by atoms with Gasteiger partial charge in [0.05, 0.1) is 17.9 Å². The van der Waals surface area contributed by atoms with Gasteiger partial charge in [0.25, 0.3) is 0 Å². The molecular weight excluding hydrogens is 487 g/mol. The first kappa shape index (κ1) is 25.6. The van der Waals surface area contributed by atoms with Crippen molar-refractivity contribution < 1.29 is 9.59 Å². The van der Waals surface area contributed by atoms with Gasteiger partial charge in [0.2, 0.25) is 0 Å². The maximum absolute atomic E-state index is 8.12. The number of piperidine rings is 1. The number of halogens is 2. The van der Waals surface area contributed by atoms with E-state index in [1.807, 2.05) is 29.9 Å². The molecule has 0 unspecified atom stereocenters. The van der Waals surface area contributed by atoms with Gasteiger partial charge in [0.1, 0.15) is 11.3 Å². The van der Waals surface area contributed by atoms with E-state index in [1.54, 1.807) is 6.07 Å². The molecule has 3 aromatic rings. The van der Waals surface area contributed by atoms with Crippen molar-refractivity contribution in [2.75, 3.05) is 24.5 Å². The van der Waals surface area contributed by atoms with Gasteiger partial charge in [0.15, 0.2) is 5.65 Å². The number of likely N-dealkylation sites (tertiary alicyclic amines) is 1. The first-order valence-corrected chi connectivity index (χ1v) is 12.8. The molecule has 2 aliphatic heterocycles. The number of rotatable bonds is 4. The number of nitrogens with zero attached hydrogens (tertiary/aromatic N) is 6. The van der Waals surface area contributed by atoms with Crippen LogP contribution in [0.3, 0.4) is 0 Å². The topological polar surface area (TPSA) is 84.2 Å². The quantitative estimate of drug-likeness (QED) is 0.486. The van der Waals surface area contributed by atoms with Crippen LogP contribution in [-0.2, 0) is 9.59 Å². The monoisotopic (exact) mass is 516 g/mol. The minimum atomic E-state index is -0.0806. The maximum Gasteiger partial charge on any atom is 0.373 e. The first-order valence-electron chi connectivity index (χ1n) is 12.0. The van der Waals surface area contributed by atoms with Crippen molar-refractivity contribution in [2.45, 2.75) is 64.6 Å². The second-order valence-electron chi connectivity index (χ2n) is 9.30. The second-order valence-corrected chi connectivity index (χ2v) is 10.1. The number of hydrogen-bond donors (Lipinski definition) is 0. The molecule has 4 heterocycles. The molecular formula is C25H30Cl2N6O2. The van der Waals surface area contributed by atoms with Gasteiger partial charge in [-0.25, -0.2) is 14.6 Å². The summed E-state index contributed by atoms with van der Waals surface area (Å²) in [6, 6.07) is 6.93. The Bertz CT molecular complexity index is 1220. The highest BCUT2D eigenvalue weighted by molar-refractivity contribution is 6.35. The van der Waals surface area contributed by atoms with Crippen LogP contribution in [0.2, 0.25) is 10.0 Å². The summed E-state index contributed by atoms with van der Waals surface area (Å²) in [6.07, 6.45) is 7.18. The number of hydrogen-bond acceptors (Lipinski definition) is 7. The zero-order chi connectivity index (χ0) is 25.1. The Hall–Kier alpha value is -2.51. The molecule has 0 aliphatic carbocycles. The SMILES string of the molecule is Cc1nn([C@H](C)c2ccc(Cl)cc2Cl)c2nc(N3CCC(N4CCC[C@H]4C)CC3)cnc12.O=C=O. The molecule has 2 aromatic heterocycles. The molecule has 0 spiro atoms. The van der Waals surface area contributed by atoms with E-state index in [1.165, 1.54) is 32.2 Å². The van der Waals surface area contributed by atoms with Gasteiger partial charge in [-0.2, -0.15) is 14.7 Å². The summed E-state index contributed by atoms with van der Waals surface area (Å²) in [6.45, 7) is 9.71. The Morgan fingerprint density at radius 2 is 1.83 bits per heavy atom. The van der Waals surface area contributed by atoms with Crippen molar-refractivity contribution in [3.63, 3.8) is 0 Å². The fourth-order valence-electron chi connectivity index (χ4n) is 5.36. The molecule has 8 nitrogen and oxygen atoms in total. The summed E-state index contributed by atoms with van der Waals surface area (Å²) in [5.74, 6) is 0.931. The van der Waals surface area contributed by atoms with Gasteiger partial charge >= 0.3 is 6.15 Å². The van der Waals surface area contributed by atoms with Crippen LogP contribution < -0.4 is 4.90 Å². The van der Waals surface area contributed by atoms with Gasteiger partial charge < -0.3 is 4.90 Å². The molecule has 2 fully saturated rings. The van der Waals surface area contributed by atoms with E-state index in [9.17, 15) is 0 Å². The van der Waals surface area contributed by atoms with E-state index in [2.05, 4.69) is 23.6 Å². The van der Waals surface area contributed by atoms with E-state index in [-0.39, 0.29) is 12.2 Å². The molecule has 0 saturated carbocycles. The molecule has 0 radical (unpaired) electrons. The number of benzene rings is 1. The summed E-state index contributed by atoms with van der Waals surface area (Å²) >= 11 is 12.6. The second kappa shape index (κ2) is 11.0. The highest BCUT2D eigenvalue weighted by atomic mass is 35.5. The smallest absolute Gasteiger partial charge is 0.355 e. The lowest BCUT2D eigenvalue weighted by molar-refractivity contribution is -0.191. The van der Waals surface area contributed by atoms with Crippen molar-refractivity contribution in [3.05, 3.63) is 45.7 Å². The number of carbonyl (C=O) groups excluding carboxylic acids is 2. The van der Waals surface area contributed by atoms with E-state index in [0.717, 1.165) is 47.4 Å². The van der Waals surface area contributed by atoms with E-state index < -0.39 is 0 Å². The van der Waals surface area contributed by atoms with Crippen molar-refractivity contribution in [2.24, 2.45) is 0 Å². The van der Waals surface area contributed by atoms with Crippen LogP contribution in [0.5, 0.6) is 0 Å². The lowest BCUT2D eigenvalue weighted by atomic mass is 10.0. The number of aryl methyl sites for hydroxylation is 1. The molecule has 1 aromatic carbocycles. The third-order valence-electron chi connectivity index (χ3n) is 7.20. The molecule has 186 valence electrons. The molecule has 0 bridgehead atoms. The summed E-state index contributed by atoms with van der Waals surface area (Å²) < 4.78 is 1.94. The predicted molar refractivity (Wildman–Crippen MR) is 136 cm³/mol. The molecule has 0 N–H and O–H groups in total. The zero-order valence-electron chi connectivity index (χ0n) is 20.2. The average molecular weight is 517 g/mol. The Morgan fingerprint density at radius 1 is 1.11 bits per heavy atom. The Kier molecular flexibility index (Phi) is 8.07. The van der Waals surface area contributed by atoms with Crippen molar-refractivity contribution in [1.29, 1.82) is 0 Å². The van der Waals surface area contributed by atoms with Gasteiger partial charge in [-0.3, -0.25) is 4.90 Å². The molecule has 35 heavy (non-hydrogen) atoms. The third-order valence-corrected chi connectivity index (χ3v) is 7.76. The van der Waals surface area contributed by atoms with Gasteiger partial charge in [-0.05, 0) is 70.7 Å². The number of anilines is 1. The van der Waals surface area contributed by atoms with Crippen LogP contribution in [0.4, 0.5) is 5.82 Å². The van der Waals surface area contributed by atoms with Crippen LogP contribution in [0, 0.1) is 6.92 Å². The van der Waals surface area contributed by atoms with Gasteiger partial charge in [-0.15, -0.1) is 0 Å². The van der Waals surface area contributed by atoms with Crippen LogP contribution in [-0.4, -0.2) is 62.5 Å². The largest absolute Gasteiger partial charge is 0.373 e. The number of aromatic nitrogens is 4. The number of fused-ring (bicyclic) bond motifs is 1. The standard InChI is InChI=1S/C24H30Cl2N6.CO2/c1-15-5-4-10-31(15)19-8-11-30(12-9-19)22-14-27-23-16(2)29-32(24(23)28-22)17(3)20-7-6-18(25)13-21(20)26;2-1-3/h6-7,13-15,17,19H,4-5,8-12H2,1-3H3;/t15-,17-;/m1./s1. The normalized spacial score (nSPS) is 19.9. The Labute approximate surface area is 215 Å². The molecule has 2 saturated heterocycles. The predicted octanol–water partition coefficient (Wildman–Crippen LogP) is 4.92. The highest BCUT2D eigenvalue weighted by Gasteiger charge is 2.31. The lowest BCUT2D eigenvalue weighted by Gasteiger charge is -2.39. The fourth-order valence-corrected chi connectivity index (χ4v) is 5.93. The van der Waals surface area contributed by atoms with Crippen molar-refractivity contribution in [1.82, 2.24) is 24.6 Å². The van der Waals surface area contributed by atoms with Crippen LogP contribution in [0.25, 0.3) is 11.2 Å². The van der Waals surface area contributed by atoms with Crippen molar-refractivity contribution in [3.8, 4) is 0 Å². The Morgan fingerprint density at radius 3 is 2.46 bits per heavy atom. The zero-order valence-corrected chi connectivity index (χ0v) is 21.8. The minimum absolute atomic E-state index is 0.0806. The van der Waals surface area contributed by atoms with Gasteiger partial charge in [0, 0.05) is 35.2 Å². The summed E-state index contributed by atoms with van der Waals surface area (Å²) in [5.41, 5.74) is 3.48. The molecule has 10 heteroatoms. The van der Waals surface area contributed by atoms with E-state index in [4.69, 9.17) is 47.9 Å². The van der Waals surface area contributed by atoms with E-state index in [0.29, 0.717) is 16.1 Å². The molecule has 2 atom stereocenters.